The molecule has 0 saturated heterocycles. The molecular weight excluding hydrogens is 208 g/mol. The number of hydrogen-bond acceptors (Lipinski definition) is 3. The Morgan fingerprint density at radius 1 is 1.67 bits per heavy atom. The standard InChI is InChI=1S/C11H12N2OS/c1-8(14)11(2-3-11)6-9-7-13-4-5-15-10(13)12-9/h4-5,7H,2-3,6H2,1H3. The highest BCUT2D eigenvalue weighted by atomic mass is 32.1. The molecule has 78 valence electrons. The molecule has 1 saturated carbocycles. The summed E-state index contributed by atoms with van der Waals surface area (Å²) in [7, 11) is 0. The molecule has 1 aliphatic rings. The molecule has 1 aliphatic carbocycles. The first-order valence-electron chi connectivity index (χ1n) is 5.12. The van der Waals surface area contributed by atoms with Gasteiger partial charge in [0.25, 0.3) is 0 Å². The van der Waals surface area contributed by atoms with E-state index in [2.05, 4.69) is 4.98 Å². The fourth-order valence-corrected chi connectivity index (χ4v) is 2.73. The molecule has 3 rings (SSSR count). The van der Waals surface area contributed by atoms with Crippen molar-refractivity contribution in [3.05, 3.63) is 23.5 Å². The number of nitrogens with zero attached hydrogens (tertiary/aromatic N) is 2. The van der Waals surface area contributed by atoms with Crippen LogP contribution in [0.2, 0.25) is 0 Å². The summed E-state index contributed by atoms with van der Waals surface area (Å²) in [4.78, 5) is 17.0. The van der Waals surface area contributed by atoms with Crippen LogP contribution in [0.15, 0.2) is 17.8 Å². The summed E-state index contributed by atoms with van der Waals surface area (Å²) in [5.74, 6) is 0.318. The van der Waals surface area contributed by atoms with Gasteiger partial charge >= 0.3 is 0 Å². The smallest absolute Gasteiger partial charge is 0.193 e. The molecule has 1 fully saturated rings. The molecule has 0 atom stereocenters. The summed E-state index contributed by atoms with van der Waals surface area (Å²) in [6, 6.07) is 0. The van der Waals surface area contributed by atoms with Crippen molar-refractivity contribution < 1.29 is 4.79 Å². The Kier molecular flexibility index (Phi) is 1.77. The number of rotatable bonds is 3. The quantitative estimate of drug-likeness (QED) is 0.795. The van der Waals surface area contributed by atoms with E-state index < -0.39 is 0 Å². The highest BCUT2D eigenvalue weighted by Crippen LogP contribution is 2.48. The van der Waals surface area contributed by atoms with Crippen molar-refractivity contribution in [3.8, 4) is 0 Å². The van der Waals surface area contributed by atoms with Crippen LogP contribution >= 0.6 is 11.3 Å². The van der Waals surface area contributed by atoms with Crippen molar-refractivity contribution in [2.75, 3.05) is 0 Å². The summed E-state index contributed by atoms with van der Waals surface area (Å²) in [6.07, 6.45) is 6.93. The van der Waals surface area contributed by atoms with E-state index in [1.54, 1.807) is 18.3 Å². The minimum Gasteiger partial charge on any atom is -0.299 e. The van der Waals surface area contributed by atoms with E-state index in [9.17, 15) is 4.79 Å². The van der Waals surface area contributed by atoms with Crippen molar-refractivity contribution in [2.24, 2.45) is 5.41 Å². The summed E-state index contributed by atoms with van der Waals surface area (Å²) < 4.78 is 2.02. The van der Waals surface area contributed by atoms with Crippen LogP contribution in [0, 0.1) is 5.41 Å². The molecule has 0 aromatic carbocycles. The third-order valence-corrected chi connectivity index (χ3v) is 4.03. The second-order valence-corrected chi connectivity index (χ2v) is 5.21. The first-order chi connectivity index (χ1) is 7.20. The number of carbonyl (C=O) groups excluding carboxylic acids is 1. The highest BCUT2D eigenvalue weighted by molar-refractivity contribution is 7.15. The Bertz CT molecular complexity index is 493. The van der Waals surface area contributed by atoms with E-state index >= 15 is 0 Å². The average Bonchev–Trinajstić information content (AvgIpc) is 2.64. The first-order valence-corrected chi connectivity index (χ1v) is 6.00. The Morgan fingerprint density at radius 3 is 3.07 bits per heavy atom. The number of imidazole rings is 1. The lowest BCUT2D eigenvalue weighted by molar-refractivity contribution is -0.121. The summed E-state index contributed by atoms with van der Waals surface area (Å²) in [6.45, 7) is 1.70. The van der Waals surface area contributed by atoms with Crippen LogP contribution in [-0.4, -0.2) is 15.2 Å². The monoisotopic (exact) mass is 220 g/mol. The van der Waals surface area contributed by atoms with E-state index in [1.807, 2.05) is 22.2 Å². The second-order valence-electron chi connectivity index (χ2n) is 4.34. The summed E-state index contributed by atoms with van der Waals surface area (Å²) in [5.41, 5.74) is 0.985. The number of aromatic nitrogens is 2. The zero-order valence-corrected chi connectivity index (χ0v) is 9.38. The molecule has 15 heavy (non-hydrogen) atoms. The lowest BCUT2D eigenvalue weighted by atomic mass is 9.96. The van der Waals surface area contributed by atoms with Gasteiger partial charge in [0.05, 0.1) is 5.69 Å². The average molecular weight is 220 g/mol. The van der Waals surface area contributed by atoms with E-state index in [0.29, 0.717) is 5.78 Å². The van der Waals surface area contributed by atoms with Crippen molar-refractivity contribution >= 4 is 22.1 Å². The van der Waals surface area contributed by atoms with Crippen LogP contribution in [0.5, 0.6) is 0 Å². The number of thiazole rings is 1. The van der Waals surface area contributed by atoms with Crippen LogP contribution in [0.4, 0.5) is 0 Å². The van der Waals surface area contributed by atoms with E-state index in [4.69, 9.17) is 0 Å². The van der Waals surface area contributed by atoms with Crippen molar-refractivity contribution in [1.29, 1.82) is 0 Å². The first kappa shape index (κ1) is 9.09. The number of Topliss-reactive ketones (excluding diaryl/α,β-unsaturated/α-hetero) is 1. The molecule has 0 amide bonds. The van der Waals surface area contributed by atoms with Gasteiger partial charge in [0.1, 0.15) is 5.78 Å². The van der Waals surface area contributed by atoms with E-state index in [0.717, 1.165) is 29.9 Å². The molecule has 2 heterocycles. The Balaban J connectivity index is 1.89. The number of carbonyl (C=O) groups is 1. The van der Waals surface area contributed by atoms with Gasteiger partial charge in [0, 0.05) is 29.6 Å². The summed E-state index contributed by atoms with van der Waals surface area (Å²) in [5, 5.41) is 2.02. The minimum absolute atomic E-state index is 0.0654. The van der Waals surface area contributed by atoms with Gasteiger partial charge in [-0.25, -0.2) is 4.98 Å². The zero-order valence-electron chi connectivity index (χ0n) is 8.56. The lowest BCUT2D eigenvalue weighted by Gasteiger charge is -2.07. The van der Waals surface area contributed by atoms with Crippen LogP contribution in [0.3, 0.4) is 0 Å². The van der Waals surface area contributed by atoms with Gasteiger partial charge in [-0.05, 0) is 19.8 Å². The van der Waals surface area contributed by atoms with Gasteiger partial charge < -0.3 is 0 Å². The number of ketones is 1. The maximum absolute atomic E-state index is 11.5. The van der Waals surface area contributed by atoms with E-state index in [1.165, 1.54) is 0 Å². The van der Waals surface area contributed by atoms with Crippen LogP contribution in [-0.2, 0) is 11.2 Å². The fraction of sp³-hybridized carbons (Fsp3) is 0.455. The summed E-state index contributed by atoms with van der Waals surface area (Å²) >= 11 is 1.63. The molecule has 0 aliphatic heterocycles. The Morgan fingerprint density at radius 2 is 2.47 bits per heavy atom. The van der Waals surface area contributed by atoms with Gasteiger partial charge in [-0.1, -0.05) is 0 Å². The molecule has 0 radical (unpaired) electrons. The number of fused-ring (bicyclic) bond motifs is 1. The van der Waals surface area contributed by atoms with Crippen LogP contribution < -0.4 is 0 Å². The molecular formula is C11H12N2OS. The van der Waals surface area contributed by atoms with Gasteiger partial charge in [0.15, 0.2) is 4.96 Å². The Hall–Kier alpha value is -1.16. The molecule has 0 bridgehead atoms. The lowest BCUT2D eigenvalue weighted by Crippen LogP contribution is -2.15. The molecule has 2 aromatic rings. The van der Waals surface area contributed by atoms with Crippen molar-refractivity contribution in [1.82, 2.24) is 9.38 Å². The van der Waals surface area contributed by atoms with Crippen LogP contribution in [0.1, 0.15) is 25.5 Å². The predicted molar refractivity (Wildman–Crippen MR) is 59.1 cm³/mol. The fourth-order valence-electron chi connectivity index (χ4n) is 2.01. The normalized spacial score (nSPS) is 18.2. The van der Waals surface area contributed by atoms with E-state index in [-0.39, 0.29) is 5.41 Å². The highest BCUT2D eigenvalue weighted by Gasteiger charge is 2.47. The molecule has 0 spiro atoms. The van der Waals surface area contributed by atoms with Crippen molar-refractivity contribution in [2.45, 2.75) is 26.2 Å². The largest absolute Gasteiger partial charge is 0.299 e. The third-order valence-electron chi connectivity index (χ3n) is 3.26. The maximum atomic E-state index is 11.5. The molecule has 4 heteroatoms. The van der Waals surface area contributed by atoms with Crippen LogP contribution in [0.25, 0.3) is 4.96 Å². The topological polar surface area (TPSA) is 34.4 Å². The zero-order chi connectivity index (χ0) is 10.5. The van der Waals surface area contributed by atoms with Crippen molar-refractivity contribution in [3.63, 3.8) is 0 Å². The van der Waals surface area contributed by atoms with Gasteiger partial charge in [0.2, 0.25) is 0 Å². The predicted octanol–water partition coefficient (Wildman–Crippen LogP) is 2.31. The van der Waals surface area contributed by atoms with Gasteiger partial charge in [-0.2, -0.15) is 0 Å². The van der Waals surface area contributed by atoms with Gasteiger partial charge in [-0.3, -0.25) is 9.20 Å². The third kappa shape index (κ3) is 1.40. The molecule has 0 N–H and O–H groups in total. The SMILES string of the molecule is CC(=O)C1(Cc2cn3ccsc3n2)CC1. The Labute approximate surface area is 91.8 Å². The maximum Gasteiger partial charge on any atom is 0.193 e. The molecule has 2 aromatic heterocycles. The number of hydrogen-bond donors (Lipinski definition) is 0. The molecule has 0 unspecified atom stereocenters. The van der Waals surface area contributed by atoms with Gasteiger partial charge in [-0.15, -0.1) is 11.3 Å². The molecule has 3 nitrogen and oxygen atoms in total. The minimum atomic E-state index is -0.0654. The second kappa shape index (κ2) is 2.92.